The SMILES string of the molecule is CO[C@@H](O)[C@@H](O)[C@H](O)[C@H](O)[C@H](O)CO. The minimum atomic E-state index is -1.81. The maximum absolute atomic E-state index is 9.18. The highest BCUT2D eigenvalue weighted by molar-refractivity contribution is 4.81. The number of methoxy groups -OCH3 is 1. The average molecular weight is 212 g/mol. The second kappa shape index (κ2) is 6.25. The normalized spacial score (nSPS) is 22.5. The summed E-state index contributed by atoms with van der Waals surface area (Å²) in [7, 11) is 1.09. The lowest BCUT2D eigenvalue weighted by atomic mass is 10.0. The summed E-state index contributed by atoms with van der Waals surface area (Å²) in [6.45, 7) is -0.770. The minimum Gasteiger partial charge on any atom is -0.394 e. The molecule has 0 aliphatic heterocycles. The lowest BCUT2D eigenvalue weighted by Crippen LogP contribution is -2.50. The van der Waals surface area contributed by atoms with Crippen LogP contribution in [0.3, 0.4) is 0 Å². The first kappa shape index (κ1) is 13.7. The van der Waals surface area contributed by atoms with Gasteiger partial charge in [0.05, 0.1) is 6.61 Å². The molecule has 6 N–H and O–H groups in total. The van der Waals surface area contributed by atoms with Crippen molar-refractivity contribution in [2.75, 3.05) is 13.7 Å². The van der Waals surface area contributed by atoms with Gasteiger partial charge in [-0.1, -0.05) is 0 Å². The molecule has 14 heavy (non-hydrogen) atoms. The first-order valence-electron chi connectivity index (χ1n) is 3.99. The van der Waals surface area contributed by atoms with Gasteiger partial charge in [0.2, 0.25) is 0 Å². The zero-order valence-electron chi connectivity index (χ0n) is 7.69. The second-order valence-corrected chi connectivity index (χ2v) is 2.85. The maximum Gasteiger partial charge on any atom is 0.183 e. The van der Waals surface area contributed by atoms with E-state index in [0.717, 1.165) is 7.11 Å². The first-order valence-corrected chi connectivity index (χ1v) is 3.99. The molecule has 5 atom stereocenters. The van der Waals surface area contributed by atoms with E-state index < -0.39 is 37.3 Å². The van der Waals surface area contributed by atoms with Gasteiger partial charge >= 0.3 is 0 Å². The standard InChI is InChI=1S/C7H16O7/c1-14-7(13)6(12)5(11)4(10)3(9)2-8/h3-13H,2H2,1H3/t3-,4-,5-,6+,7-/m1/s1. The molecule has 0 saturated heterocycles. The van der Waals surface area contributed by atoms with Crippen LogP contribution in [0, 0.1) is 0 Å². The molecule has 86 valence electrons. The van der Waals surface area contributed by atoms with E-state index >= 15 is 0 Å². The Labute approximate surface area is 80.8 Å². The van der Waals surface area contributed by atoms with Crippen molar-refractivity contribution >= 4 is 0 Å². The number of aliphatic hydroxyl groups excluding tert-OH is 6. The molecule has 0 saturated carbocycles. The van der Waals surface area contributed by atoms with Gasteiger partial charge in [0, 0.05) is 7.11 Å². The monoisotopic (exact) mass is 212 g/mol. The summed E-state index contributed by atoms with van der Waals surface area (Å²) < 4.78 is 4.29. The largest absolute Gasteiger partial charge is 0.394 e. The molecular formula is C7H16O7. The number of aliphatic hydroxyl groups is 6. The van der Waals surface area contributed by atoms with Crippen LogP contribution < -0.4 is 0 Å². The van der Waals surface area contributed by atoms with E-state index in [-0.39, 0.29) is 0 Å². The Bertz CT molecular complexity index is 137. The van der Waals surface area contributed by atoms with Gasteiger partial charge in [-0.25, -0.2) is 0 Å². The molecule has 0 aromatic carbocycles. The van der Waals surface area contributed by atoms with Gasteiger partial charge in [0.1, 0.15) is 24.4 Å². The summed E-state index contributed by atoms with van der Waals surface area (Å²) in [5.41, 5.74) is 0. The molecule has 0 radical (unpaired) electrons. The quantitative estimate of drug-likeness (QED) is 0.251. The number of hydrogen-bond donors (Lipinski definition) is 6. The van der Waals surface area contributed by atoms with E-state index in [0.29, 0.717) is 0 Å². The molecular weight excluding hydrogens is 196 g/mol. The smallest absolute Gasteiger partial charge is 0.183 e. The van der Waals surface area contributed by atoms with Gasteiger partial charge in [0.15, 0.2) is 6.29 Å². The summed E-state index contributed by atoms with van der Waals surface area (Å²) >= 11 is 0. The molecule has 7 heteroatoms. The van der Waals surface area contributed by atoms with E-state index in [4.69, 9.17) is 25.5 Å². The molecule has 0 bridgehead atoms. The fourth-order valence-corrected chi connectivity index (χ4v) is 0.846. The Hall–Kier alpha value is -0.280. The summed E-state index contributed by atoms with van der Waals surface area (Å²) in [4.78, 5) is 0. The predicted molar refractivity (Wildman–Crippen MR) is 44.1 cm³/mol. The predicted octanol–water partition coefficient (Wildman–Crippen LogP) is -3.61. The van der Waals surface area contributed by atoms with E-state index in [9.17, 15) is 5.11 Å². The Balaban J connectivity index is 4.22. The van der Waals surface area contributed by atoms with Crippen LogP contribution in [-0.2, 0) is 4.74 Å². The number of rotatable bonds is 6. The van der Waals surface area contributed by atoms with Crippen molar-refractivity contribution in [3.63, 3.8) is 0 Å². The minimum absolute atomic E-state index is 0.770. The second-order valence-electron chi connectivity index (χ2n) is 2.85. The van der Waals surface area contributed by atoms with Crippen LogP contribution in [0.15, 0.2) is 0 Å². The van der Waals surface area contributed by atoms with Gasteiger partial charge in [0.25, 0.3) is 0 Å². The molecule has 7 nitrogen and oxygen atoms in total. The Morgan fingerprint density at radius 1 is 0.929 bits per heavy atom. The summed E-state index contributed by atoms with van der Waals surface area (Å²) in [6.07, 6.45) is -8.61. The van der Waals surface area contributed by atoms with Crippen molar-refractivity contribution < 1.29 is 35.4 Å². The summed E-state index contributed by atoms with van der Waals surface area (Å²) in [5.74, 6) is 0. The van der Waals surface area contributed by atoms with Crippen LogP contribution in [-0.4, -0.2) is 75.1 Å². The average Bonchev–Trinajstić information content (AvgIpc) is 2.23. The van der Waals surface area contributed by atoms with Crippen LogP contribution >= 0.6 is 0 Å². The van der Waals surface area contributed by atoms with E-state index in [1.165, 1.54) is 0 Å². The lowest BCUT2D eigenvalue weighted by Gasteiger charge is -2.27. The molecule has 0 aliphatic carbocycles. The molecule has 0 unspecified atom stereocenters. The Morgan fingerprint density at radius 3 is 1.79 bits per heavy atom. The van der Waals surface area contributed by atoms with Crippen molar-refractivity contribution in [1.29, 1.82) is 0 Å². The van der Waals surface area contributed by atoms with Crippen molar-refractivity contribution in [3.05, 3.63) is 0 Å². The number of ether oxygens (including phenoxy) is 1. The third-order valence-corrected chi connectivity index (χ3v) is 1.81. The highest BCUT2D eigenvalue weighted by Crippen LogP contribution is 2.08. The number of hydrogen-bond acceptors (Lipinski definition) is 7. The fraction of sp³-hybridized carbons (Fsp3) is 1.00. The highest BCUT2D eigenvalue weighted by Gasteiger charge is 2.33. The van der Waals surface area contributed by atoms with Crippen LogP contribution in [0.2, 0.25) is 0 Å². The van der Waals surface area contributed by atoms with Crippen molar-refractivity contribution in [3.8, 4) is 0 Å². The highest BCUT2D eigenvalue weighted by atomic mass is 16.6. The van der Waals surface area contributed by atoms with Gasteiger partial charge < -0.3 is 35.4 Å². The van der Waals surface area contributed by atoms with E-state index in [2.05, 4.69) is 4.74 Å². The summed E-state index contributed by atoms with van der Waals surface area (Å²) in [6, 6.07) is 0. The molecule has 0 aromatic rings. The maximum atomic E-state index is 9.18. The van der Waals surface area contributed by atoms with Gasteiger partial charge in [-0.2, -0.15) is 0 Å². The molecule has 0 aromatic heterocycles. The van der Waals surface area contributed by atoms with E-state index in [1.54, 1.807) is 0 Å². The third-order valence-electron chi connectivity index (χ3n) is 1.81. The van der Waals surface area contributed by atoms with Gasteiger partial charge in [-0.3, -0.25) is 0 Å². The Morgan fingerprint density at radius 2 is 1.43 bits per heavy atom. The molecule has 0 aliphatic rings. The van der Waals surface area contributed by atoms with Crippen molar-refractivity contribution in [2.45, 2.75) is 30.7 Å². The van der Waals surface area contributed by atoms with Crippen molar-refractivity contribution in [1.82, 2.24) is 0 Å². The van der Waals surface area contributed by atoms with Crippen LogP contribution in [0.5, 0.6) is 0 Å². The molecule has 0 fully saturated rings. The Kier molecular flexibility index (Phi) is 6.12. The van der Waals surface area contributed by atoms with Crippen LogP contribution in [0.4, 0.5) is 0 Å². The lowest BCUT2D eigenvalue weighted by molar-refractivity contribution is -0.201. The first-order chi connectivity index (χ1) is 6.45. The summed E-state index contributed by atoms with van der Waals surface area (Å²) in [5, 5.41) is 53.7. The zero-order valence-corrected chi connectivity index (χ0v) is 7.69. The van der Waals surface area contributed by atoms with Crippen molar-refractivity contribution in [2.24, 2.45) is 0 Å². The zero-order chi connectivity index (χ0) is 11.3. The molecule has 0 spiro atoms. The molecule has 0 rings (SSSR count). The van der Waals surface area contributed by atoms with Gasteiger partial charge in [-0.05, 0) is 0 Å². The van der Waals surface area contributed by atoms with Gasteiger partial charge in [-0.15, -0.1) is 0 Å². The topological polar surface area (TPSA) is 131 Å². The van der Waals surface area contributed by atoms with E-state index in [1.807, 2.05) is 0 Å². The molecule has 0 amide bonds. The fourth-order valence-electron chi connectivity index (χ4n) is 0.846. The third kappa shape index (κ3) is 3.46. The molecule has 0 heterocycles. The van der Waals surface area contributed by atoms with Crippen LogP contribution in [0.25, 0.3) is 0 Å². The van der Waals surface area contributed by atoms with Crippen LogP contribution in [0.1, 0.15) is 0 Å².